The second-order valence-electron chi connectivity index (χ2n) is 7.51. The largest absolute Gasteiger partial charge is 0.480 e. The number of hydrogen-bond donors (Lipinski definition) is 3. The number of carbonyl (C=O) groups is 3. The van der Waals surface area contributed by atoms with Crippen LogP contribution in [-0.2, 0) is 4.79 Å². The Labute approximate surface area is 157 Å². The van der Waals surface area contributed by atoms with Crippen LogP contribution in [0.15, 0.2) is 18.2 Å². The van der Waals surface area contributed by atoms with Gasteiger partial charge in [-0.3, -0.25) is 9.69 Å². The maximum atomic E-state index is 12.6. The fraction of sp³-hybridized carbons (Fsp3) is 0.500. The van der Waals surface area contributed by atoms with Crippen molar-refractivity contribution in [1.82, 2.24) is 10.6 Å². The first kappa shape index (κ1) is 20.0. The molecule has 3 N–H and O–H groups in total. The van der Waals surface area contributed by atoms with Gasteiger partial charge in [0.05, 0.1) is 10.6 Å². The van der Waals surface area contributed by atoms with Gasteiger partial charge in [-0.05, 0) is 36.5 Å². The van der Waals surface area contributed by atoms with Gasteiger partial charge in [0.2, 0.25) is 0 Å². The molecule has 1 fully saturated rings. The number of carbonyl (C=O) groups excluding carboxylic acids is 2. The zero-order chi connectivity index (χ0) is 19.5. The average molecular weight is 382 g/mol. The molecule has 7 nitrogen and oxygen atoms in total. The molecule has 3 amide bonds. The van der Waals surface area contributed by atoms with Crippen LogP contribution < -0.4 is 15.5 Å². The lowest BCUT2D eigenvalue weighted by atomic mass is 9.88. The summed E-state index contributed by atoms with van der Waals surface area (Å²) in [4.78, 5) is 37.3. The first-order valence-electron chi connectivity index (χ1n) is 8.47. The highest BCUT2D eigenvalue weighted by Gasteiger charge is 2.26. The number of aliphatic carboxylic acids is 1. The molecule has 8 heteroatoms. The second-order valence-corrected chi connectivity index (χ2v) is 7.92. The maximum Gasteiger partial charge on any atom is 0.326 e. The number of halogens is 1. The Bertz CT molecular complexity index is 715. The highest BCUT2D eigenvalue weighted by atomic mass is 35.5. The van der Waals surface area contributed by atoms with E-state index in [4.69, 9.17) is 11.6 Å². The van der Waals surface area contributed by atoms with Crippen molar-refractivity contribution in [3.8, 4) is 0 Å². The van der Waals surface area contributed by atoms with Crippen LogP contribution in [-0.4, -0.2) is 42.1 Å². The van der Waals surface area contributed by atoms with E-state index in [0.717, 1.165) is 0 Å². The number of amides is 3. The Morgan fingerprint density at radius 3 is 2.62 bits per heavy atom. The van der Waals surface area contributed by atoms with Crippen molar-refractivity contribution < 1.29 is 19.5 Å². The molecule has 1 unspecified atom stereocenters. The summed E-state index contributed by atoms with van der Waals surface area (Å²) < 4.78 is 0. The number of hydrogen-bond acceptors (Lipinski definition) is 3. The molecular formula is C18H24ClN3O4. The van der Waals surface area contributed by atoms with E-state index < -0.39 is 17.9 Å². The van der Waals surface area contributed by atoms with Crippen molar-refractivity contribution in [2.75, 3.05) is 18.0 Å². The zero-order valence-corrected chi connectivity index (χ0v) is 15.9. The number of carboxylic acids is 1. The van der Waals surface area contributed by atoms with E-state index in [1.165, 1.54) is 17.0 Å². The normalized spacial score (nSPS) is 15.5. The third-order valence-electron chi connectivity index (χ3n) is 4.15. The van der Waals surface area contributed by atoms with Crippen LogP contribution in [0.3, 0.4) is 0 Å². The van der Waals surface area contributed by atoms with Gasteiger partial charge in [-0.1, -0.05) is 32.4 Å². The van der Waals surface area contributed by atoms with E-state index in [9.17, 15) is 19.5 Å². The average Bonchev–Trinajstić information content (AvgIpc) is 2.96. The van der Waals surface area contributed by atoms with Gasteiger partial charge >= 0.3 is 12.0 Å². The van der Waals surface area contributed by atoms with Gasteiger partial charge in [0, 0.05) is 18.8 Å². The van der Waals surface area contributed by atoms with Gasteiger partial charge in [0.1, 0.15) is 6.04 Å². The van der Waals surface area contributed by atoms with Crippen LogP contribution >= 0.6 is 11.6 Å². The molecule has 0 aliphatic carbocycles. The molecule has 0 saturated carbocycles. The third kappa shape index (κ3) is 5.11. The quantitative estimate of drug-likeness (QED) is 0.705. The van der Waals surface area contributed by atoms with E-state index >= 15 is 0 Å². The van der Waals surface area contributed by atoms with E-state index in [1.54, 1.807) is 6.07 Å². The summed E-state index contributed by atoms with van der Waals surface area (Å²) in [6.07, 6.45) is 0.961. The van der Waals surface area contributed by atoms with Crippen LogP contribution in [0.1, 0.15) is 44.0 Å². The number of anilines is 1. The molecule has 0 bridgehead atoms. The van der Waals surface area contributed by atoms with Gasteiger partial charge in [-0.15, -0.1) is 0 Å². The minimum atomic E-state index is -1.09. The summed E-state index contributed by atoms with van der Waals surface area (Å²) in [6.45, 7) is 7.04. The molecule has 1 saturated heterocycles. The van der Waals surface area contributed by atoms with Crippen molar-refractivity contribution in [1.29, 1.82) is 0 Å². The molecule has 0 aromatic heterocycles. The minimum absolute atomic E-state index is 0.0426. The fourth-order valence-electron chi connectivity index (χ4n) is 2.64. The number of rotatable bonds is 6. The topological polar surface area (TPSA) is 98.7 Å². The summed E-state index contributed by atoms with van der Waals surface area (Å²) in [5, 5.41) is 14.8. The number of nitrogens with zero attached hydrogens (tertiary/aromatic N) is 1. The van der Waals surface area contributed by atoms with Crippen LogP contribution in [0.5, 0.6) is 0 Å². The number of nitrogens with one attached hydrogen (secondary N) is 2. The monoisotopic (exact) mass is 381 g/mol. The summed E-state index contributed by atoms with van der Waals surface area (Å²) in [5.41, 5.74) is 0.640. The first-order valence-corrected chi connectivity index (χ1v) is 8.85. The summed E-state index contributed by atoms with van der Waals surface area (Å²) in [5.74, 6) is -1.66. The highest BCUT2D eigenvalue weighted by molar-refractivity contribution is 6.34. The first-order chi connectivity index (χ1) is 12.1. The molecule has 2 rings (SSSR count). The van der Waals surface area contributed by atoms with Gasteiger partial charge in [-0.2, -0.15) is 0 Å². The van der Waals surface area contributed by atoms with Gasteiger partial charge in [0.25, 0.3) is 5.91 Å². The van der Waals surface area contributed by atoms with Crippen molar-refractivity contribution >= 4 is 35.2 Å². The molecule has 1 aliphatic rings. The lowest BCUT2D eigenvalue weighted by Gasteiger charge is -2.22. The zero-order valence-electron chi connectivity index (χ0n) is 15.1. The van der Waals surface area contributed by atoms with Crippen LogP contribution in [0.4, 0.5) is 10.5 Å². The Morgan fingerprint density at radius 1 is 1.38 bits per heavy atom. The molecule has 1 aromatic carbocycles. The van der Waals surface area contributed by atoms with Crippen molar-refractivity contribution in [2.24, 2.45) is 5.41 Å². The molecule has 26 heavy (non-hydrogen) atoms. The minimum Gasteiger partial charge on any atom is -0.480 e. The van der Waals surface area contributed by atoms with Crippen molar-refractivity contribution in [3.63, 3.8) is 0 Å². The highest BCUT2D eigenvalue weighted by Crippen LogP contribution is 2.25. The predicted octanol–water partition coefficient (Wildman–Crippen LogP) is 2.88. The van der Waals surface area contributed by atoms with E-state index in [-0.39, 0.29) is 22.0 Å². The van der Waals surface area contributed by atoms with E-state index in [2.05, 4.69) is 10.6 Å². The molecule has 1 aromatic rings. The lowest BCUT2D eigenvalue weighted by Crippen LogP contribution is -2.41. The third-order valence-corrected chi connectivity index (χ3v) is 4.48. The van der Waals surface area contributed by atoms with E-state index in [0.29, 0.717) is 31.6 Å². The van der Waals surface area contributed by atoms with Crippen molar-refractivity contribution in [3.05, 3.63) is 28.8 Å². The molecule has 0 spiro atoms. The second kappa shape index (κ2) is 7.95. The van der Waals surface area contributed by atoms with Crippen LogP contribution in [0.2, 0.25) is 5.02 Å². The lowest BCUT2D eigenvalue weighted by molar-refractivity contribution is -0.139. The Balaban J connectivity index is 2.16. The maximum absolute atomic E-state index is 12.6. The van der Waals surface area contributed by atoms with Gasteiger partial charge in [-0.25, -0.2) is 9.59 Å². The number of urea groups is 1. The standard InChI is InChI=1S/C18H24ClN3O4/c1-18(2,3)7-6-14(16(24)25)21-15(23)12-10-11(4-5-13(12)19)22-9-8-20-17(22)26/h4-5,10,14H,6-9H2,1-3H3,(H,20,26)(H,21,23)(H,24,25). The molecule has 0 radical (unpaired) electrons. The van der Waals surface area contributed by atoms with Crippen LogP contribution in [0, 0.1) is 5.41 Å². The predicted molar refractivity (Wildman–Crippen MR) is 99.8 cm³/mol. The van der Waals surface area contributed by atoms with Crippen molar-refractivity contribution in [2.45, 2.75) is 39.7 Å². The summed E-state index contributed by atoms with van der Waals surface area (Å²) in [7, 11) is 0. The number of benzene rings is 1. The Hall–Kier alpha value is -2.28. The summed E-state index contributed by atoms with van der Waals surface area (Å²) in [6, 6.07) is 3.44. The SMILES string of the molecule is CC(C)(C)CCC(NC(=O)c1cc(N2CCNC2=O)ccc1Cl)C(=O)O. The van der Waals surface area contributed by atoms with Gasteiger partial charge in [0.15, 0.2) is 0 Å². The molecule has 1 heterocycles. The van der Waals surface area contributed by atoms with Gasteiger partial charge < -0.3 is 15.7 Å². The number of carboxylic acid groups (broad SMARTS) is 1. The summed E-state index contributed by atoms with van der Waals surface area (Å²) >= 11 is 6.12. The molecular weight excluding hydrogens is 358 g/mol. The Kier molecular flexibility index (Phi) is 6.13. The smallest absolute Gasteiger partial charge is 0.326 e. The molecule has 142 valence electrons. The molecule has 1 aliphatic heterocycles. The Morgan fingerprint density at radius 2 is 2.08 bits per heavy atom. The van der Waals surface area contributed by atoms with Crippen LogP contribution in [0.25, 0.3) is 0 Å². The fourth-order valence-corrected chi connectivity index (χ4v) is 2.85. The molecule has 1 atom stereocenters. The van der Waals surface area contributed by atoms with E-state index in [1.807, 2.05) is 20.8 Å².